The van der Waals surface area contributed by atoms with Crippen LogP contribution in [-0.2, 0) is 20.8 Å². The third-order valence-electron chi connectivity index (χ3n) is 5.19. The predicted molar refractivity (Wildman–Crippen MR) is 134 cm³/mol. The molecule has 36 heavy (non-hydrogen) atoms. The molecule has 2 heterocycles. The Morgan fingerprint density at radius 2 is 1.78 bits per heavy atom. The Bertz CT molecular complexity index is 1080. The predicted octanol–water partition coefficient (Wildman–Crippen LogP) is 4.27. The van der Waals surface area contributed by atoms with Crippen molar-refractivity contribution in [2.75, 3.05) is 33.4 Å². The van der Waals surface area contributed by atoms with E-state index >= 15 is 0 Å². The molecule has 1 aliphatic heterocycles. The van der Waals surface area contributed by atoms with E-state index in [1.165, 1.54) is 23.0 Å². The molecule has 1 saturated heterocycles. The second kappa shape index (κ2) is 12.1. The smallest absolute Gasteiger partial charge is 0.410 e. The summed E-state index contributed by atoms with van der Waals surface area (Å²) < 4.78 is 22.2. The van der Waals surface area contributed by atoms with Gasteiger partial charge in [-0.2, -0.15) is 0 Å². The highest BCUT2D eigenvalue weighted by molar-refractivity contribution is 9.10. The van der Waals surface area contributed by atoms with Crippen LogP contribution in [0, 0.1) is 0 Å². The summed E-state index contributed by atoms with van der Waals surface area (Å²) in [5.41, 5.74) is 0.266. The largest absolute Gasteiger partial charge is 0.475 e. The molecule has 1 atom stereocenters. The summed E-state index contributed by atoms with van der Waals surface area (Å²) in [5.74, 6) is -0.446. The average molecular weight is 564 g/mol. The number of aromatic nitrogens is 1. The molecule has 3 rings (SSSR count). The highest BCUT2D eigenvalue weighted by atomic mass is 79.9. The molecule has 0 spiro atoms. The Labute approximate surface area is 218 Å². The Kier molecular flexibility index (Phi) is 9.14. The van der Waals surface area contributed by atoms with Gasteiger partial charge in [0.25, 0.3) is 0 Å². The van der Waals surface area contributed by atoms with Crippen LogP contribution in [0.1, 0.15) is 36.8 Å². The summed E-state index contributed by atoms with van der Waals surface area (Å²) in [5, 5.41) is 0. The molecule has 0 unspecified atom stereocenters. The summed E-state index contributed by atoms with van der Waals surface area (Å²) in [6.07, 6.45) is -0.997. The van der Waals surface area contributed by atoms with E-state index in [-0.39, 0.29) is 44.4 Å². The van der Waals surface area contributed by atoms with Gasteiger partial charge < -0.3 is 23.8 Å². The molecule has 194 valence electrons. The van der Waals surface area contributed by atoms with Crippen molar-refractivity contribution in [3.63, 3.8) is 0 Å². The number of halogens is 1. The summed E-state index contributed by atoms with van der Waals surface area (Å²) in [4.78, 5) is 44.8. The van der Waals surface area contributed by atoms with Crippen molar-refractivity contribution in [3.8, 4) is 5.88 Å². The van der Waals surface area contributed by atoms with E-state index in [4.69, 9.17) is 18.9 Å². The maximum atomic E-state index is 12.9. The summed E-state index contributed by atoms with van der Waals surface area (Å²) in [6.45, 7) is 6.18. The fourth-order valence-electron chi connectivity index (χ4n) is 3.45. The van der Waals surface area contributed by atoms with Gasteiger partial charge in [0.2, 0.25) is 5.88 Å². The van der Waals surface area contributed by atoms with Gasteiger partial charge in [-0.3, -0.25) is 4.90 Å². The number of pyridine rings is 1. The molecule has 0 saturated carbocycles. The van der Waals surface area contributed by atoms with E-state index in [9.17, 15) is 14.4 Å². The quantitative estimate of drug-likeness (QED) is 0.378. The normalized spacial score (nSPS) is 15.8. The number of hydrogen-bond donors (Lipinski definition) is 0. The van der Waals surface area contributed by atoms with Gasteiger partial charge in [0.15, 0.2) is 5.69 Å². The number of carbonyl (C=O) groups excluding carboxylic acids is 3. The Balaban J connectivity index is 1.72. The summed E-state index contributed by atoms with van der Waals surface area (Å²) in [6, 6.07) is 12.0. The minimum Gasteiger partial charge on any atom is -0.475 e. The monoisotopic (exact) mass is 563 g/mol. The lowest BCUT2D eigenvalue weighted by molar-refractivity contribution is -0.0109. The average Bonchev–Trinajstić information content (AvgIpc) is 2.85. The van der Waals surface area contributed by atoms with Crippen LogP contribution in [0.5, 0.6) is 5.88 Å². The molecule has 1 aliphatic rings. The number of carbonyl (C=O) groups is 3. The number of rotatable bonds is 6. The number of hydrogen-bond acceptors (Lipinski definition) is 8. The van der Waals surface area contributed by atoms with Crippen LogP contribution >= 0.6 is 15.9 Å². The Hall–Kier alpha value is -3.34. The van der Waals surface area contributed by atoms with Crippen LogP contribution in [0.2, 0.25) is 0 Å². The minimum absolute atomic E-state index is 0.00205. The fraction of sp³-hybridized carbons (Fsp3) is 0.440. The molecule has 2 amide bonds. The van der Waals surface area contributed by atoms with Crippen molar-refractivity contribution in [1.82, 2.24) is 14.8 Å². The van der Waals surface area contributed by atoms with E-state index in [0.29, 0.717) is 4.47 Å². The molecule has 0 bridgehead atoms. The number of nitrogens with zero attached hydrogens (tertiary/aromatic N) is 3. The van der Waals surface area contributed by atoms with Gasteiger partial charge in [0, 0.05) is 19.6 Å². The van der Waals surface area contributed by atoms with Gasteiger partial charge in [-0.05, 0) is 54.4 Å². The SMILES string of the molecule is COC(=O)c1ccc(Br)c(OC[C@H]2CN(C(=O)OCc3ccccc3)CCN2C(=O)OC(C)(C)C)n1. The number of benzene rings is 1. The third-order valence-corrected chi connectivity index (χ3v) is 5.80. The molecular formula is C25H30BrN3O7. The minimum atomic E-state index is -0.687. The molecule has 1 aromatic carbocycles. The van der Waals surface area contributed by atoms with Gasteiger partial charge in [0.05, 0.1) is 17.6 Å². The van der Waals surface area contributed by atoms with E-state index in [0.717, 1.165) is 5.56 Å². The Morgan fingerprint density at radius 1 is 1.06 bits per heavy atom. The lowest BCUT2D eigenvalue weighted by Gasteiger charge is -2.40. The molecule has 2 aromatic rings. The molecule has 0 N–H and O–H groups in total. The van der Waals surface area contributed by atoms with Crippen LogP contribution in [-0.4, -0.2) is 77.9 Å². The van der Waals surface area contributed by atoms with Crippen LogP contribution in [0.3, 0.4) is 0 Å². The highest BCUT2D eigenvalue weighted by Crippen LogP contribution is 2.24. The first-order valence-electron chi connectivity index (χ1n) is 11.4. The van der Waals surface area contributed by atoms with Crippen molar-refractivity contribution in [2.24, 2.45) is 0 Å². The van der Waals surface area contributed by atoms with Crippen molar-refractivity contribution in [1.29, 1.82) is 0 Å². The van der Waals surface area contributed by atoms with Gasteiger partial charge >= 0.3 is 18.2 Å². The molecular weight excluding hydrogens is 534 g/mol. The fourth-order valence-corrected chi connectivity index (χ4v) is 3.79. The zero-order valence-electron chi connectivity index (χ0n) is 20.7. The molecule has 0 aliphatic carbocycles. The second-order valence-electron chi connectivity index (χ2n) is 9.10. The summed E-state index contributed by atoms with van der Waals surface area (Å²) >= 11 is 3.36. The molecule has 11 heteroatoms. The van der Waals surface area contributed by atoms with Gasteiger partial charge in [0.1, 0.15) is 18.8 Å². The van der Waals surface area contributed by atoms with Crippen molar-refractivity contribution in [2.45, 2.75) is 39.0 Å². The highest BCUT2D eigenvalue weighted by Gasteiger charge is 2.36. The Morgan fingerprint density at radius 3 is 2.44 bits per heavy atom. The number of methoxy groups -OCH3 is 1. The zero-order chi connectivity index (χ0) is 26.3. The van der Waals surface area contributed by atoms with Gasteiger partial charge in [-0.15, -0.1) is 0 Å². The van der Waals surface area contributed by atoms with Crippen LogP contribution < -0.4 is 4.74 Å². The standard InChI is InChI=1S/C25H30BrN3O7/c1-25(2,3)36-24(32)29-13-12-28(23(31)35-15-17-8-6-5-7-9-17)14-18(29)16-34-21-19(26)10-11-20(27-21)22(30)33-4/h5-11,18H,12-16H2,1-4H3/t18-/m1/s1. The lowest BCUT2D eigenvalue weighted by atomic mass is 10.2. The van der Waals surface area contributed by atoms with Crippen LogP contribution in [0.25, 0.3) is 0 Å². The molecule has 1 aromatic heterocycles. The summed E-state index contributed by atoms with van der Waals surface area (Å²) in [7, 11) is 1.26. The number of amides is 2. The van der Waals surface area contributed by atoms with E-state index in [2.05, 4.69) is 20.9 Å². The third kappa shape index (κ3) is 7.58. The first kappa shape index (κ1) is 27.3. The van der Waals surface area contributed by atoms with Crippen molar-refractivity contribution >= 4 is 34.1 Å². The maximum Gasteiger partial charge on any atom is 0.410 e. The van der Waals surface area contributed by atoms with Gasteiger partial charge in [-0.1, -0.05) is 30.3 Å². The first-order chi connectivity index (χ1) is 17.1. The van der Waals surface area contributed by atoms with Gasteiger partial charge in [-0.25, -0.2) is 19.4 Å². The van der Waals surface area contributed by atoms with E-state index in [1.54, 1.807) is 26.8 Å². The van der Waals surface area contributed by atoms with Crippen LogP contribution in [0.4, 0.5) is 9.59 Å². The number of ether oxygens (including phenoxy) is 4. The lowest BCUT2D eigenvalue weighted by Crippen LogP contribution is -2.59. The molecule has 10 nitrogen and oxygen atoms in total. The second-order valence-corrected chi connectivity index (χ2v) is 9.95. The first-order valence-corrected chi connectivity index (χ1v) is 12.2. The van der Waals surface area contributed by atoms with Crippen LogP contribution in [0.15, 0.2) is 46.9 Å². The topological polar surface area (TPSA) is 108 Å². The van der Waals surface area contributed by atoms with Crippen molar-refractivity contribution < 1.29 is 33.3 Å². The molecule has 1 fully saturated rings. The number of esters is 1. The van der Waals surface area contributed by atoms with Crippen molar-refractivity contribution in [3.05, 3.63) is 58.2 Å². The van der Waals surface area contributed by atoms with E-state index < -0.39 is 29.8 Å². The zero-order valence-corrected chi connectivity index (χ0v) is 22.3. The maximum absolute atomic E-state index is 12.9. The number of piperazine rings is 1. The van der Waals surface area contributed by atoms with E-state index in [1.807, 2.05) is 30.3 Å². The molecule has 0 radical (unpaired) electrons.